The summed E-state index contributed by atoms with van der Waals surface area (Å²) >= 11 is 1.23. The number of halogens is 1. The Bertz CT molecular complexity index is 642. The van der Waals surface area contributed by atoms with E-state index in [9.17, 15) is 14.0 Å². The normalized spacial score (nSPS) is 10.1. The maximum Gasteiger partial charge on any atom is 0.338 e. The summed E-state index contributed by atoms with van der Waals surface area (Å²) in [5, 5.41) is 4.64. The molecule has 2 aromatic rings. The molecule has 1 aromatic carbocycles. The van der Waals surface area contributed by atoms with Crippen LogP contribution in [0, 0.1) is 5.82 Å². The summed E-state index contributed by atoms with van der Waals surface area (Å²) < 4.78 is 18.0. The molecule has 104 valence electrons. The van der Waals surface area contributed by atoms with Gasteiger partial charge in [-0.25, -0.2) is 14.2 Å². The van der Waals surface area contributed by atoms with Gasteiger partial charge in [-0.2, -0.15) is 0 Å². The Morgan fingerprint density at radius 1 is 1.45 bits per heavy atom. The Kier molecular flexibility index (Phi) is 4.41. The number of thiazole rings is 1. The van der Waals surface area contributed by atoms with Crippen LogP contribution in [-0.2, 0) is 16.1 Å². The number of esters is 1. The SMILES string of the molecule is CC(=O)Nc1nc(COC(=O)c2cccc(F)c2)cs1. The van der Waals surface area contributed by atoms with Crippen LogP contribution in [0.25, 0.3) is 0 Å². The number of benzene rings is 1. The van der Waals surface area contributed by atoms with Gasteiger partial charge in [-0.15, -0.1) is 11.3 Å². The third-order valence-electron chi connectivity index (χ3n) is 2.25. The Labute approximate surface area is 118 Å². The average molecular weight is 294 g/mol. The summed E-state index contributed by atoms with van der Waals surface area (Å²) in [6, 6.07) is 5.25. The summed E-state index contributed by atoms with van der Waals surface area (Å²) in [6.45, 7) is 1.34. The predicted molar refractivity (Wildman–Crippen MR) is 71.9 cm³/mol. The lowest BCUT2D eigenvalue weighted by Gasteiger charge is -2.02. The van der Waals surface area contributed by atoms with E-state index in [0.29, 0.717) is 10.8 Å². The van der Waals surface area contributed by atoms with E-state index in [2.05, 4.69) is 10.3 Å². The quantitative estimate of drug-likeness (QED) is 0.880. The molecule has 0 radical (unpaired) electrons. The molecule has 20 heavy (non-hydrogen) atoms. The highest BCUT2D eigenvalue weighted by Gasteiger charge is 2.10. The monoisotopic (exact) mass is 294 g/mol. The molecule has 0 unspecified atom stereocenters. The Morgan fingerprint density at radius 2 is 2.25 bits per heavy atom. The van der Waals surface area contributed by atoms with E-state index in [-0.39, 0.29) is 18.1 Å². The molecule has 0 spiro atoms. The lowest BCUT2D eigenvalue weighted by atomic mass is 10.2. The minimum atomic E-state index is -0.626. The van der Waals surface area contributed by atoms with Gasteiger partial charge in [-0.05, 0) is 18.2 Å². The molecule has 2 rings (SSSR count). The Hall–Kier alpha value is -2.28. The van der Waals surface area contributed by atoms with Crippen molar-refractivity contribution < 1.29 is 18.7 Å². The fraction of sp³-hybridized carbons (Fsp3) is 0.154. The van der Waals surface area contributed by atoms with Gasteiger partial charge in [0.1, 0.15) is 12.4 Å². The topological polar surface area (TPSA) is 68.3 Å². The van der Waals surface area contributed by atoms with E-state index in [1.165, 1.54) is 36.5 Å². The molecule has 1 N–H and O–H groups in total. The molecule has 5 nitrogen and oxygen atoms in total. The number of carbonyl (C=O) groups excluding carboxylic acids is 2. The third kappa shape index (κ3) is 3.86. The van der Waals surface area contributed by atoms with E-state index in [1.807, 2.05) is 0 Å². The summed E-state index contributed by atoms with van der Waals surface area (Å²) in [4.78, 5) is 26.6. The van der Waals surface area contributed by atoms with Crippen LogP contribution in [0.3, 0.4) is 0 Å². The fourth-order valence-corrected chi connectivity index (χ4v) is 2.16. The van der Waals surface area contributed by atoms with Crippen LogP contribution in [0.1, 0.15) is 23.0 Å². The molecule has 1 amide bonds. The summed E-state index contributed by atoms with van der Waals surface area (Å²) in [6.07, 6.45) is 0. The second-order valence-electron chi connectivity index (χ2n) is 3.91. The minimum Gasteiger partial charge on any atom is -0.456 e. The zero-order chi connectivity index (χ0) is 14.5. The maximum atomic E-state index is 13.0. The van der Waals surface area contributed by atoms with Crippen molar-refractivity contribution in [3.05, 3.63) is 46.7 Å². The number of nitrogens with one attached hydrogen (secondary N) is 1. The number of ether oxygens (including phenoxy) is 1. The molecule has 1 heterocycles. The molecule has 1 aromatic heterocycles. The smallest absolute Gasteiger partial charge is 0.338 e. The van der Waals surface area contributed by atoms with Gasteiger partial charge in [-0.3, -0.25) is 4.79 Å². The standard InChI is InChI=1S/C13H11FN2O3S/c1-8(17)15-13-16-11(7-20-13)6-19-12(18)9-3-2-4-10(14)5-9/h2-5,7H,6H2,1H3,(H,15,16,17). The number of carbonyl (C=O) groups is 2. The van der Waals surface area contributed by atoms with E-state index >= 15 is 0 Å². The van der Waals surface area contributed by atoms with Gasteiger partial charge in [0, 0.05) is 12.3 Å². The Morgan fingerprint density at radius 3 is 2.95 bits per heavy atom. The molecule has 0 saturated carbocycles. The largest absolute Gasteiger partial charge is 0.456 e. The maximum absolute atomic E-state index is 13.0. The van der Waals surface area contributed by atoms with Crippen molar-refractivity contribution in [3.63, 3.8) is 0 Å². The van der Waals surface area contributed by atoms with E-state index in [4.69, 9.17) is 4.74 Å². The van der Waals surface area contributed by atoms with Crippen molar-refractivity contribution in [1.82, 2.24) is 4.98 Å². The van der Waals surface area contributed by atoms with Crippen molar-refractivity contribution in [3.8, 4) is 0 Å². The first kappa shape index (κ1) is 14.1. The van der Waals surface area contributed by atoms with Crippen LogP contribution >= 0.6 is 11.3 Å². The van der Waals surface area contributed by atoms with Gasteiger partial charge in [0.15, 0.2) is 5.13 Å². The number of nitrogens with zero attached hydrogens (tertiary/aromatic N) is 1. The molecule has 0 aliphatic rings. The summed E-state index contributed by atoms with van der Waals surface area (Å²) in [5.41, 5.74) is 0.658. The van der Waals surface area contributed by atoms with Gasteiger partial charge in [-0.1, -0.05) is 6.07 Å². The number of hydrogen-bond acceptors (Lipinski definition) is 5. The molecule has 0 atom stereocenters. The summed E-state index contributed by atoms with van der Waals surface area (Å²) in [7, 11) is 0. The van der Waals surface area contributed by atoms with Gasteiger partial charge in [0.2, 0.25) is 5.91 Å². The average Bonchev–Trinajstić information content (AvgIpc) is 2.82. The van der Waals surface area contributed by atoms with E-state index in [1.54, 1.807) is 5.38 Å². The van der Waals surface area contributed by atoms with Crippen LogP contribution in [0.4, 0.5) is 9.52 Å². The number of aromatic nitrogens is 1. The number of rotatable bonds is 4. The fourth-order valence-electron chi connectivity index (χ4n) is 1.42. The highest BCUT2D eigenvalue weighted by atomic mass is 32.1. The van der Waals surface area contributed by atoms with Crippen molar-refractivity contribution in [1.29, 1.82) is 0 Å². The van der Waals surface area contributed by atoms with Crippen molar-refractivity contribution >= 4 is 28.3 Å². The van der Waals surface area contributed by atoms with Crippen molar-refractivity contribution in [2.75, 3.05) is 5.32 Å². The summed E-state index contributed by atoms with van der Waals surface area (Å²) in [5.74, 6) is -1.35. The number of hydrogen-bond donors (Lipinski definition) is 1. The highest BCUT2D eigenvalue weighted by Crippen LogP contribution is 2.16. The van der Waals surface area contributed by atoms with Crippen molar-refractivity contribution in [2.45, 2.75) is 13.5 Å². The van der Waals surface area contributed by atoms with Crippen LogP contribution in [-0.4, -0.2) is 16.9 Å². The molecule has 7 heteroatoms. The molecular weight excluding hydrogens is 283 g/mol. The van der Waals surface area contributed by atoms with Crippen molar-refractivity contribution in [2.24, 2.45) is 0 Å². The van der Waals surface area contributed by atoms with Crippen LogP contribution in [0.2, 0.25) is 0 Å². The lowest BCUT2D eigenvalue weighted by molar-refractivity contribution is -0.114. The van der Waals surface area contributed by atoms with E-state index in [0.717, 1.165) is 6.07 Å². The molecule has 0 bridgehead atoms. The molecule has 0 saturated heterocycles. The highest BCUT2D eigenvalue weighted by molar-refractivity contribution is 7.13. The van der Waals surface area contributed by atoms with Crippen LogP contribution in [0.5, 0.6) is 0 Å². The van der Waals surface area contributed by atoms with Crippen LogP contribution in [0.15, 0.2) is 29.6 Å². The molecule has 0 fully saturated rings. The molecule has 0 aliphatic heterocycles. The second kappa shape index (κ2) is 6.25. The minimum absolute atomic E-state index is 0.0363. The molecule has 0 aliphatic carbocycles. The Balaban J connectivity index is 1.93. The second-order valence-corrected chi connectivity index (χ2v) is 4.77. The van der Waals surface area contributed by atoms with Gasteiger partial charge in [0.25, 0.3) is 0 Å². The van der Waals surface area contributed by atoms with Gasteiger partial charge in [0.05, 0.1) is 11.3 Å². The zero-order valence-corrected chi connectivity index (χ0v) is 11.4. The van der Waals surface area contributed by atoms with Crippen LogP contribution < -0.4 is 5.32 Å². The number of anilines is 1. The number of amides is 1. The van der Waals surface area contributed by atoms with Gasteiger partial charge < -0.3 is 10.1 Å². The first-order chi connectivity index (χ1) is 9.54. The third-order valence-corrected chi connectivity index (χ3v) is 3.05. The lowest BCUT2D eigenvalue weighted by Crippen LogP contribution is -2.07. The first-order valence-corrected chi connectivity index (χ1v) is 6.57. The van der Waals surface area contributed by atoms with Gasteiger partial charge >= 0.3 is 5.97 Å². The first-order valence-electron chi connectivity index (χ1n) is 5.69. The molecular formula is C13H11FN2O3S. The van der Waals surface area contributed by atoms with E-state index < -0.39 is 11.8 Å². The zero-order valence-electron chi connectivity index (χ0n) is 10.6. The predicted octanol–water partition coefficient (Wildman–Crippen LogP) is 2.60.